The van der Waals surface area contributed by atoms with Crippen molar-refractivity contribution in [2.45, 2.75) is 13.3 Å². The number of aromatic nitrogens is 2. The van der Waals surface area contributed by atoms with E-state index in [0.717, 1.165) is 17.4 Å². The molecule has 0 aliphatic heterocycles. The van der Waals surface area contributed by atoms with E-state index in [0.29, 0.717) is 13.2 Å². The third kappa shape index (κ3) is 3.73. The van der Waals surface area contributed by atoms with E-state index in [-0.39, 0.29) is 0 Å². The van der Waals surface area contributed by atoms with Crippen LogP contribution in [0.4, 0.5) is 5.13 Å². The molecular formula is C9H13N3OS. The van der Waals surface area contributed by atoms with Crippen molar-refractivity contribution in [2.75, 3.05) is 25.6 Å². The van der Waals surface area contributed by atoms with Gasteiger partial charge in [0.05, 0.1) is 13.2 Å². The van der Waals surface area contributed by atoms with Gasteiger partial charge < -0.3 is 10.1 Å². The first-order chi connectivity index (χ1) is 6.86. The number of anilines is 1. The van der Waals surface area contributed by atoms with Crippen LogP contribution < -0.4 is 5.32 Å². The lowest BCUT2D eigenvalue weighted by Crippen LogP contribution is -1.99. The quantitative estimate of drug-likeness (QED) is 0.742. The molecule has 14 heavy (non-hydrogen) atoms. The molecule has 4 nitrogen and oxygen atoms in total. The number of ether oxygens (including phenoxy) is 1. The normalized spacial score (nSPS) is 9.29. The van der Waals surface area contributed by atoms with Crippen LogP contribution in [0.15, 0.2) is 0 Å². The van der Waals surface area contributed by atoms with Crippen molar-refractivity contribution < 1.29 is 4.74 Å². The van der Waals surface area contributed by atoms with Gasteiger partial charge in [-0.05, 0) is 6.92 Å². The highest BCUT2D eigenvalue weighted by Gasteiger charge is 2.01. The molecule has 0 aliphatic rings. The Labute approximate surface area is 87.9 Å². The van der Waals surface area contributed by atoms with E-state index in [2.05, 4.69) is 26.5 Å². The van der Waals surface area contributed by atoms with Crippen LogP contribution in [-0.4, -0.2) is 29.6 Å². The van der Waals surface area contributed by atoms with Gasteiger partial charge in [-0.15, -0.1) is 5.92 Å². The third-order valence-corrected chi connectivity index (χ3v) is 2.21. The van der Waals surface area contributed by atoms with Gasteiger partial charge in [-0.2, -0.15) is 4.37 Å². The second kappa shape index (κ2) is 6.35. The lowest BCUT2D eigenvalue weighted by molar-refractivity contribution is 0.201. The summed E-state index contributed by atoms with van der Waals surface area (Å²) < 4.78 is 9.11. The summed E-state index contributed by atoms with van der Waals surface area (Å²) in [5.41, 5.74) is 0. The van der Waals surface area contributed by atoms with E-state index in [1.807, 2.05) is 6.92 Å². The van der Waals surface area contributed by atoms with E-state index < -0.39 is 0 Å². The molecule has 5 heteroatoms. The third-order valence-electron chi connectivity index (χ3n) is 1.50. The number of nitrogens with one attached hydrogen (secondary N) is 1. The predicted octanol–water partition coefficient (Wildman–Crippen LogP) is 1.16. The van der Waals surface area contributed by atoms with Crippen molar-refractivity contribution in [1.29, 1.82) is 0 Å². The minimum Gasteiger partial charge on any atom is -0.384 e. The van der Waals surface area contributed by atoms with Crippen molar-refractivity contribution >= 4 is 16.7 Å². The SMILES string of the molecule is CC#CCNc1nc(CCOC)ns1. The first-order valence-corrected chi connectivity index (χ1v) is 5.09. The van der Waals surface area contributed by atoms with Crippen LogP contribution in [0.25, 0.3) is 0 Å². The van der Waals surface area contributed by atoms with Crippen molar-refractivity contribution in [1.82, 2.24) is 9.36 Å². The summed E-state index contributed by atoms with van der Waals surface area (Å²) in [5, 5.41) is 3.89. The summed E-state index contributed by atoms with van der Waals surface area (Å²) in [6, 6.07) is 0. The minimum absolute atomic E-state index is 0.620. The van der Waals surface area contributed by atoms with E-state index in [9.17, 15) is 0 Å². The van der Waals surface area contributed by atoms with Gasteiger partial charge >= 0.3 is 0 Å². The number of nitrogens with zero attached hydrogens (tertiary/aromatic N) is 2. The van der Waals surface area contributed by atoms with E-state index in [1.54, 1.807) is 7.11 Å². The van der Waals surface area contributed by atoms with Gasteiger partial charge in [0.2, 0.25) is 5.13 Å². The van der Waals surface area contributed by atoms with E-state index in [1.165, 1.54) is 11.5 Å². The highest BCUT2D eigenvalue weighted by molar-refractivity contribution is 7.09. The van der Waals surface area contributed by atoms with Gasteiger partial charge in [-0.3, -0.25) is 0 Å². The fraction of sp³-hybridized carbons (Fsp3) is 0.556. The molecule has 0 spiro atoms. The van der Waals surface area contributed by atoms with Crippen LogP contribution >= 0.6 is 11.5 Å². The molecule has 0 saturated carbocycles. The fourth-order valence-electron chi connectivity index (χ4n) is 0.829. The molecule has 0 atom stereocenters. The lowest BCUT2D eigenvalue weighted by atomic mass is 10.4. The summed E-state index contributed by atoms with van der Waals surface area (Å²) in [4.78, 5) is 4.27. The van der Waals surface area contributed by atoms with Crippen molar-refractivity contribution in [3.8, 4) is 11.8 Å². The average Bonchev–Trinajstić information content (AvgIpc) is 2.63. The Hall–Kier alpha value is -1.12. The largest absolute Gasteiger partial charge is 0.384 e. The zero-order valence-electron chi connectivity index (χ0n) is 8.33. The molecule has 0 fully saturated rings. The maximum atomic E-state index is 4.94. The fourth-order valence-corrected chi connectivity index (χ4v) is 1.44. The molecular weight excluding hydrogens is 198 g/mol. The van der Waals surface area contributed by atoms with Crippen LogP contribution in [0, 0.1) is 11.8 Å². The molecule has 0 amide bonds. The van der Waals surface area contributed by atoms with Crippen molar-refractivity contribution in [3.05, 3.63) is 5.82 Å². The molecule has 1 aromatic heterocycles. The summed E-state index contributed by atoms with van der Waals surface area (Å²) in [5.74, 6) is 6.53. The molecule has 0 saturated heterocycles. The van der Waals surface area contributed by atoms with Gasteiger partial charge in [0, 0.05) is 25.1 Å². The topological polar surface area (TPSA) is 47.0 Å². The van der Waals surface area contributed by atoms with Crippen LogP contribution in [-0.2, 0) is 11.2 Å². The maximum absolute atomic E-state index is 4.94. The zero-order chi connectivity index (χ0) is 10.2. The Morgan fingerprint density at radius 1 is 1.57 bits per heavy atom. The summed E-state index contributed by atoms with van der Waals surface area (Å²) in [7, 11) is 1.67. The van der Waals surface area contributed by atoms with Crippen LogP contribution in [0.1, 0.15) is 12.7 Å². The monoisotopic (exact) mass is 211 g/mol. The van der Waals surface area contributed by atoms with Gasteiger partial charge in [-0.1, -0.05) is 5.92 Å². The number of hydrogen-bond donors (Lipinski definition) is 1. The Balaban J connectivity index is 2.37. The minimum atomic E-state index is 0.620. The summed E-state index contributed by atoms with van der Waals surface area (Å²) in [6.07, 6.45) is 0.758. The number of methoxy groups -OCH3 is 1. The molecule has 0 bridgehead atoms. The van der Waals surface area contributed by atoms with Crippen LogP contribution in [0.5, 0.6) is 0 Å². The summed E-state index contributed by atoms with van der Waals surface area (Å²) >= 11 is 1.35. The van der Waals surface area contributed by atoms with Crippen molar-refractivity contribution in [3.63, 3.8) is 0 Å². The molecule has 1 N–H and O–H groups in total. The Morgan fingerprint density at radius 2 is 2.43 bits per heavy atom. The first kappa shape index (κ1) is 11.0. The van der Waals surface area contributed by atoms with Gasteiger partial charge in [0.25, 0.3) is 0 Å². The van der Waals surface area contributed by atoms with Gasteiger partial charge in [0.15, 0.2) is 0 Å². The number of hydrogen-bond acceptors (Lipinski definition) is 5. The molecule has 1 heterocycles. The van der Waals surface area contributed by atoms with Gasteiger partial charge in [-0.25, -0.2) is 4.98 Å². The first-order valence-electron chi connectivity index (χ1n) is 4.32. The number of rotatable bonds is 5. The summed E-state index contributed by atoms with van der Waals surface area (Å²) in [6.45, 7) is 3.09. The van der Waals surface area contributed by atoms with E-state index >= 15 is 0 Å². The second-order valence-electron chi connectivity index (χ2n) is 2.54. The molecule has 0 unspecified atom stereocenters. The highest BCUT2D eigenvalue weighted by atomic mass is 32.1. The Bertz CT molecular complexity index is 326. The highest BCUT2D eigenvalue weighted by Crippen LogP contribution is 2.10. The molecule has 0 aliphatic carbocycles. The standard InChI is InChI=1S/C9H13N3OS/c1-3-4-6-10-9-11-8(12-14-9)5-7-13-2/h5-7H2,1-2H3,(H,10,11,12). The predicted molar refractivity (Wildman–Crippen MR) is 57.4 cm³/mol. The second-order valence-corrected chi connectivity index (χ2v) is 3.29. The van der Waals surface area contributed by atoms with Gasteiger partial charge in [0.1, 0.15) is 5.82 Å². The zero-order valence-corrected chi connectivity index (χ0v) is 9.15. The van der Waals surface area contributed by atoms with Crippen molar-refractivity contribution in [2.24, 2.45) is 0 Å². The molecule has 1 rings (SSSR count). The maximum Gasteiger partial charge on any atom is 0.203 e. The molecule has 0 aromatic carbocycles. The molecule has 76 valence electrons. The van der Waals surface area contributed by atoms with Crippen LogP contribution in [0.3, 0.4) is 0 Å². The molecule has 0 radical (unpaired) electrons. The van der Waals surface area contributed by atoms with E-state index in [4.69, 9.17) is 4.74 Å². The molecule has 1 aromatic rings. The smallest absolute Gasteiger partial charge is 0.203 e. The average molecular weight is 211 g/mol. The lowest BCUT2D eigenvalue weighted by Gasteiger charge is -1.93. The Kier molecular flexibility index (Phi) is 4.97. The van der Waals surface area contributed by atoms with Crippen LogP contribution in [0.2, 0.25) is 0 Å². The Morgan fingerprint density at radius 3 is 3.14 bits per heavy atom.